The van der Waals surface area contributed by atoms with Crippen LogP contribution in [0, 0.1) is 0 Å². The van der Waals surface area contributed by atoms with Gasteiger partial charge in [0, 0.05) is 18.7 Å². The van der Waals surface area contributed by atoms with Gasteiger partial charge in [-0.05, 0) is 23.8 Å². The fourth-order valence-electron chi connectivity index (χ4n) is 2.38. The van der Waals surface area contributed by atoms with Crippen molar-refractivity contribution >= 4 is 22.4 Å². The highest BCUT2D eigenvalue weighted by atomic mass is 32.1. The first-order valence-electron chi connectivity index (χ1n) is 7.99. The molecule has 1 heterocycles. The van der Waals surface area contributed by atoms with Crippen molar-refractivity contribution in [3.05, 3.63) is 34.7 Å². The molecule has 2 N–H and O–H groups in total. The Morgan fingerprint density at radius 2 is 1.87 bits per heavy atom. The molecule has 1 fully saturated rings. The summed E-state index contributed by atoms with van der Waals surface area (Å²) in [5, 5.41) is 6.87. The third-order valence-corrected chi connectivity index (χ3v) is 5.06. The first-order chi connectivity index (χ1) is 10.9. The van der Waals surface area contributed by atoms with Crippen LogP contribution in [0.3, 0.4) is 0 Å². The first kappa shape index (κ1) is 16.0. The lowest BCUT2D eigenvalue weighted by Gasteiger charge is -2.19. The third kappa shape index (κ3) is 3.55. The van der Waals surface area contributed by atoms with Crippen LogP contribution in [0.15, 0.2) is 24.3 Å². The number of nitrogens with zero attached hydrogens (tertiary/aromatic N) is 1. The largest absolute Gasteiger partial charge is 0.365 e. The van der Waals surface area contributed by atoms with Gasteiger partial charge in [0.1, 0.15) is 4.88 Å². The molecule has 0 radical (unpaired) electrons. The van der Waals surface area contributed by atoms with Crippen molar-refractivity contribution in [3.8, 4) is 11.3 Å². The Labute approximate surface area is 141 Å². The van der Waals surface area contributed by atoms with Crippen LogP contribution in [0.25, 0.3) is 11.3 Å². The number of carbonyl (C=O) groups is 1. The lowest BCUT2D eigenvalue weighted by molar-refractivity contribution is 0.0955. The molecular weight excluding hydrogens is 306 g/mol. The molecule has 3 rings (SSSR count). The molecule has 0 unspecified atom stereocenters. The zero-order chi connectivity index (χ0) is 16.6. The van der Waals surface area contributed by atoms with Crippen molar-refractivity contribution in [3.63, 3.8) is 0 Å². The van der Waals surface area contributed by atoms with E-state index in [2.05, 4.69) is 60.7 Å². The van der Waals surface area contributed by atoms with Crippen molar-refractivity contribution < 1.29 is 4.79 Å². The Morgan fingerprint density at radius 3 is 2.39 bits per heavy atom. The summed E-state index contributed by atoms with van der Waals surface area (Å²) in [6.45, 7) is 6.58. The fraction of sp³-hybridized carbons (Fsp3) is 0.444. The molecule has 0 aliphatic heterocycles. The van der Waals surface area contributed by atoms with Crippen molar-refractivity contribution in [2.75, 3.05) is 12.4 Å². The van der Waals surface area contributed by atoms with E-state index < -0.39 is 0 Å². The number of anilines is 1. The van der Waals surface area contributed by atoms with E-state index in [0.717, 1.165) is 29.2 Å². The molecule has 2 aromatic rings. The number of aromatic nitrogens is 1. The standard InChI is InChI=1S/C18H23N3OS/c1-18(2,3)12-7-5-11(6-8-12)14-15(23-17(19-4)21-14)16(22)20-13-9-10-13/h5-8,13H,9-10H2,1-4H3,(H,19,21)(H,20,22). The lowest BCUT2D eigenvalue weighted by Crippen LogP contribution is -2.25. The van der Waals surface area contributed by atoms with E-state index in [0.29, 0.717) is 10.9 Å². The van der Waals surface area contributed by atoms with Gasteiger partial charge < -0.3 is 10.6 Å². The van der Waals surface area contributed by atoms with Crippen LogP contribution in [0.5, 0.6) is 0 Å². The fourth-order valence-corrected chi connectivity index (χ4v) is 3.23. The van der Waals surface area contributed by atoms with Gasteiger partial charge in [-0.25, -0.2) is 4.98 Å². The van der Waals surface area contributed by atoms with E-state index in [-0.39, 0.29) is 11.3 Å². The van der Waals surface area contributed by atoms with Crippen LogP contribution in [-0.4, -0.2) is 24.0 Å². The van der Waals surface area contributed by atoms with Crippen LogP contribution < -0.4 is 10.6 Å². The number of thiazole rings is 1. The molecule has 122 valence electrons. The predicted molar refractivity (Wildman–Crippen MR) is 96.3 cm³/mol. The normalized spacial score (nSPS) is 14.6. The summed E-state index contributed by atoms with van der Waals surface area (Å²) in [5.74, 6) is -0.0126. The monoisotopic (exact) mass is 329 g/mol. The molecule has 0 saturated heterocycles. The van der Waals surface area contributed by atoms with Crippen molar-refractivity contribution in [2.45, 2.75) is 45.1 Å². The maximum absolute atomic E-state index is 12.5. The molecule has 23 heavy (non-hydrogen) atoms. The van der Waals surface area contributed by atoms with Crippen LogP contribution in [0.2, 0.25) is 0 Å². The average Bonchev–Trinajstić information content (AvgIpc) is 3.21. The Bertz CT molecular complexity index is 709. The summed E-state index contributed by atoms with van der Waals surface area (Å²) < 4.78 is 0. The zero-order valence-corrected chi connectivity index (χ0v) is 14.9. The molecule has 4 nitrogen and oxygen atoms in total. The molecule has 1 saturated carbocycles. The van der Waals surface area contributed by atoms with Crippen molar-refractivity contribution in [2.24, 2.45) is 0 Å². The molecule has 0 bridgehead atoms. The minimum Gasteiger partial charge on any atom is -0.365 e. The number of carbonyl (C=O) groups excluding carboxylic acids is 1. The summed E-state index contributed by atoms with van der Waals surface area (Å²) >= 11 is 1.41. The zero-order valence-electron chi connectivity index (χ0n) is 14.1. The van der Waals surface area contributed by atoms with Crippen LogP contribution >= 0.6 is 11.3 Å². The Hall–Kier alpha value is -1.88. The maximum Gasteiger partial charge on any atom is 0.263 e. The van der Waals surface area contributed by atoms with E-state index in [4.69, 9.17) is 0 Å². The smallest absolute Gasteiger partial charge is 0.263 e. The summed E-state index contributed by atoms with van der Waals surface area (Å²) in [5.41, 5.74) is 3.13. The van der Waals surface area contributed by atoms with Gasteiger partial charge in [0.25, 0.3) is 5.91 Å². The molecule has 1 amide bonds. The molecule has 1 aromatic heterocycles. The van der Waals surface area contributed by atoms with Crippen LogP contribution in [-0.2, 0) is 5.41 Å². The lowest BCUT2D eigenvalue weighted by atomic mass is 9.86. The van der Waals surface area contributed by atoms with E-state index in [1.165, 1.54) is 16.9 Å². The van der Waals surface area contributed by atoms with Crippen molar-refractivity contribution in [1.82, 2.24) is 10.3 Å². The Kier molecular flexibility index (Phi) is 4.15. The Balaban J connectivity index is 1.94. The molecule has 0 spiro atoms. The molecule has 5 heteroatoms. The second-order valence-corrected chi connectivity index (χ2v) is 8.02. The van der Waals surface area contributed by atoms with Gasteiger partial charge in [-0.15, -0.1) is 0 Å². The number of hydrogen-bond acceptors (Lipinski definition) is 4. The summed E-state index contributed by atoms with van der Waals surface area (Å²) in [7, 11) is 1.83. The SMILES string of the molecule is CNc1nc(-c2ccc(C(C)(C)C)cc2)c(C(=O)NC2CC2)s1. The molecule has 1 aromatic carbocycles. The average molecular weight is 329 g/mol. The second-order valence-electron chi connectivity index (χ2n) is 7.02. The summed E-state index contributed by atoms with van der Waals surface area (Å²) in [6, 6.07) is 8.71. The molecule has 1 aliphatic carbocycles. The number of benzene rings is 1. The minimum absolute atomic E-state index is 0.0126. The van der Waals surface area contributed by atoms with E-state index in [1.807, 2.05) is 7.05 Å². The van der Waals surface area contributed by atoms with E-state index >= 15 is 0 Å². The third-order valence-electron chi connectivity index (χ3n) is 3.98. The first-order valence-corrected chi connectivity index (χ1v) is 8.80. The highest BCUT2D eigenvalue weighted by Gasteiger charge is 2.27. The van der Waals surface area contributed by atoms with Gasteiger partial charge in [0.15, 0.2) is 5.13 Å². The molecule has 1 aliphatic rings. The highest BCUT2D eigenvalue weighted by molar-refractivity contribution is 7.18. The maximum atomic E-state index is 12.5. The van der Waals surface area contributed by atoms with Gasteiger partial charge in [-0.2, -0.15) is 0 Å². The van der Waals surface area contributed by atoms with E-state index in [9.17, 15) is 4.79 Å². The Morgan fingerprint density at radius 1 is 1.22 bits per heavy atom. The topological polar surface area (TPSA) is 54.0 Å². The van der Waals surface area contributed by atoms with Crippen molar-refractivity contribution in [1.29, 1.82) is 0 Å². The number of hydrogen-bond donors (Lipinski definition) is 2. The van der Waals surface area contributed by atoms with Crippen LogP contribution in [0.4, 0.5) is 5.13 Å². The van der Waals surface area contributed by atoms with Gasteiger partial charge in [0.2, 0.25) is 0 Å². The molecule has 0 atom stereocenters. The van der Waals surface area contributed by atoms with Gasteiger partial charge in [0.05, 0.1) is 5.69 Å². The highest BCUT2D eigenvalue weighted by Crippen LogP contribution is 2.33. The number of amides is 1. The van der Waals surface area contributed by atoms with Crippen LogP contribution in [0.1, 0.15) is 48.8 Å². The number of nitrogens with one attached hydrogen (secondary N) is 2. The predicted octanol–water partition coefficient (Wildman–Crippen LogP) is 4.04. The van der Waals surface area contributed by atoms with Gasteiger partial charge in [-0.1, -0.05) is 56.4 Å². The minimum atomic E-state index is -0.0126. The summed E-state index contributed by atoms with van der Waals surface area (Å²) in [6.07, 6.45) is 2.16. The number of rotatable bonds is 4. The summed E-state index contributed by atoms with van der Waals surface area (Å²) in [4.78, 5) is 17.7. The second kappa shape index (κ2) is 5.96. The molecular formula is C18H23N3OS. The van der Waals surface area contributed by atoms with E-state index in [1.54, 1.807) is 0 Å². The van der Waals surface area contributed by atoms with Gasteiger partial charge in [-0.3, -0.25) is 4.79 Å². The quantitative estimate of drug-likeness (QED) is 0.890. The van der Waals surface area contributed by atoms with Gasteiger partial charge >= 0.3 is 0 Å².